The third-order valence-electron chi connectivity index (χ3n) is 7.37. The minimum Gasteiger partial charge on any atom is -0.0654 e. The van der Waals surface area contributed by atoms with Crippen LogP contribution in [-0.4, -0.2) is 15.2 Å². The van der Waals surface area contributed by atoms with E-state index >= 15 is 0 Å². The first kappa shape index (κ1) is 25.1. The van der Waals surface area contributed by atoms with Gasteiger partial charge in [-0.15, -0.1) is 0 Å². The first-order chi connectivity index (χ1) is 14.7. The van der Waals surface area contributed by atoms with Crippen LogP contribution in [0.15, 0.2) is 60.7 Å². The molecule has 0 saturated carbocycles. The van der Waals surface area contributed by atoms with E-state index in [0.29, 0.717) is 0 Å². The molecule has 0 aliphatic rings. The Morgan fingerprint density at radius 1 is 0.467 bits per heavy atom. The van der Waals surface area contributed by atoms with Crippen molar-refractivity contribution in [3.05, 3.63) is 60.7 Å². The van der Waals surface area contributed by atoms with Crippen molar-refractivity contribution in [2.45, 2.75) is 103 Å². The van der Waals surface area contributed by atoms with Crippen molar-refractivity contribution in [1.82, 2.24) is 0 Å². The maximum absolute atomic E-state index is 2.53. The average molecular weight is 439 g/mol. The molecule has 0 saturated heterocycles. The Bertz CT molecular complexity index is 619. The van der Waals surface area contributed by atoms with E-state index in [-0.39, 0.29) is 0 Å². The highest BCUT2D eigenvalue weighted by Crippen LogP contribution is 2.39. The van der Waals surface area contributed by atoms with Crippen molar-refractivity contribution in [3.63, 3.8) is 0 Å². The summed E-state index contributed by atoms with van der Waals surface area (Å²) in [6, 6.07) is 29.9. The fraction of sp³-hybridized carbons (Fsp3) is 0.571. The lowest BCUT2D eigenvalue weighted by Gasteiger charge is -2.50. The fourth-order valence-corrected chi connectivity index (χ4v) is 28.2. The summed E-state index contributed by atoms with van der Waals surface area (Å²) < 4.78 is 0. The van der Waals surface area contributed by atoms with E-state index in [4.69, 9.17) is 0 Å². The minimum absolute atomic E-state index is 1.31. The Morgan fingerprint density at radius 2 is 0.800 bits per heavy atom. The lowest BCUT2D eigenvalue weighted by molar-refractivity contribution is 0.801. The molecule has 2 aromatic rings. The van der Waals surface area contributed by atoms with Crippen LogP contribution in [0.4, 0.5) is 0 Å². The second kappa shape index (κ2) is 13.3. The molecule has 2 aromatic carbocycles. The monoisotopic (exact) mass is 438 g/mol. The van der Waals surface area contributed by atoms with Gasteiger partial charge in [-0.2, -0.15) is 0 Å². The molecule has 0 aliphatic carbocycles. The van der Waals surface area contributed by atoms with E-state index < -0.39 is 15.2 Å². The van der Waals surface area contributed by atoms with Gasteiger partial charge in [0.25, 0.3) is 0 Å². The second-order valence-corrected chi connectivity index (χ2v) is 22.6. The SMILES string of the molecule is CCCC[Si](CCCC)(CCCC)[Si](CCCC)(c1ccccc1)c1ccccc1. The number of hydrogen-bond donors (Lipinski definition) is 0. The van der Waals surface area contributed by atoms with Gasteiger partial charge in [0.2, 0.25) is 0 Å². The molecule has 0 unspecified atom stereocenters. The first-order valence-electron chi connectivity index (χ1n) is 12.8. The van der Waals surface area contributed by atoms with Crippen LogP contribution in [-0.2, 0) is 0 Å². The topological polar surface area (TPSA) is 0 Å². The maximum Gasteiger partial charge on any atom is 0.111 e. The first-order valence-corrected chi connectivity index (χ1v) is 18.6. The summed E-state index contributed by atoms with van der Waals surface area (Å²) in [5, 5.41) is 3.50. The van der Waals surface area contributed by atoms with Gasteiger partial charge in [-0.3, -0.25) is 0 Å². The summed E-state index contributed by atoms with van der Waals surface area (Å²) in [5.41, 5.74) is 0. The normalized spacial score (nSPS) is 12.3. The van der Waals surface area contributed by atoms with Crippen LogP contribution in [0.25, 0.3) is 0 Å². The van der Waals surface area contributed by atoms with Crippen LogP contribution in [0, 0.1) is 0 Å². The second-order valence-electron chi connectivity index (χ2n) is 9.33. The molecule has 30 heavy (non-hydrogen) atoms. The molecule has 0 radical (unpaired) electrons. The molecule has 2 rings (SSSR count). The zero-order valence-electron chi connectivity index (χ0n) is 20.3. The molecule has 2 heteroatoms. The lowest BCUT2D eigenvalue weighted by atomic mass is 10.4. The van der Waals surface area contributed by atoms with Gasteiger partial charge in [-0.1, -0.05) is 174 Å². The van der Waals surface area contributed by atoms with Crippen LogP contribution < -0.4 is 10.4 Å². The number of rotatable bonds is 15. The summed E-state index contributed by atoms with van der Waals surface area (Å²) >= 11 is 0. The summed E-state index contributed by atoms with van der Waals surface area (Å²) in [6.07, 6.45) is 11.0. The summed E-state index contributed by atoms with van der Waals surface area (Å²) in [4.78, 5) is 0. The van der Waals surface area contributed by atoms with E-state index in [0.717, 1.165) is 0 Å². The van der Waals surface area contributed by atoms with Gasteiger partial charge < -0.3 is 0 Å². The molecule has 0 spiro atoms. The van der Waals surface area contributed by atoms with Crippen molar-refractivity contribution >= 4 is 25.6 Å². The molecule has 0 aliphatic heterocycles. The molecule has 0 nitrogen and oxygen atoms in total. The summed E-state index contributed by atoms with van der Waals surface area (Å²) in [6.45, 7) is 9.60. The average Bonchev–Trinajstić information content (AvgIpc) is 2.81. The van der Waals surface area contributed by atoms with Crippen molar-refractivity contribution in [1.29, 1.82) is 0 Å². The van der Waals surface area contributed by atoms with Crippen molar-refractivity contribution in [2.75, 3.05) is 0 Å². The number of unbranched alkanes of at least 4 members (excludes halogenated alkanes) is 4. The predicted octanol–water partition coefficient (Wildman–Crippen LogP) is 7.98. The van der Waals surface area contributed by atoms with Gasteiger partial charge in [-0.25, -0.2) is 0 Å². The van der Waals surface area contributed by atoms with Crippen LogP contribution in [0.5, 0.6) is 0 Å². The van der Waals surface area contributed by atoms with E-state index in [2.05, 4.69) is 88.4 Å². The maximum atomic E-state index is 2.53. The van der Waals surface area contributed by atoms with Crippen LogP contribution in [0.2, 0.25) is 24.2 Å². The van der Waals surface area contributed by atoms with Gasteiger partial charge in [0.05, 0.1) is 7.59 Å². The van der Waals surface area contributed by atoms with Crippen molar-refractivity contribution < 1.29 is 0 Å². The molecular formula is C28H46Si2. The van der Waals surface area contributed by atoms with Gasteiger partial charge in [-0.05, 0) is 0 Å². The Hall–Kier alpha value is -1.13. The molecule has 0 bridgehead atoms. The molecular weight excluding hydrogens is 392 g/mol. The van der Waals surface area contributed by atoms with Crippen molar-refractivity contribution in [3.8, 4) is 0 Å². The highest BCUT2D eigenvalue weighted by Gasteiger charge is 2.54. The van der Waals surface area contributed by atoms with Crippen LogP contribution in [0.3, 0.4) is 0 Å². The van der Waals surface area contributed by atoms with E-state index in [1.165, 1.54) is 57.4 Å². The zero-order chi connectivity index (χ0) is 21.7. The molecule has 166 valence electrons. The van der Waals surface area contributed by atoms with Gasteiger partial charge in [0.1, 0.15) is 7.59 Å². The van der Waals surface area contributed by atoms with Crippen LogP contribution >= 0.6 is 0 Å². The lowest BCUT2D eigenvalue weighted by Crippen LogP contribution is -2.76. The van der Waals surface area contributed by atoms with Gasteiger partial charge in [0, 0.05) is 0 Å². The predicted molar refractivity (Wildman–Crippen MR) is 143 cm³/mol. The number of hydrogen-bond acceptors (Lipinski definition) is 0. The van der Waals surface area contributed by atoms with Gasteiger partial charge in [0.15, 0.2) is 0 Å². The molecule has 0 fully saturated rings. The largest absolute Gasteiger partial charge is 0.111 e. The molecule has 0 aromatic heterocycles. The molecule has 0 atom stereocenters. The highest BCUT2D eigenvalue weighted by atomic mass is 29.3. The minimum atomic E-state index is -1.82. The highest BCUT2D eigenvalue weighted by molar-refractivity contribution is 7.52. The quantitative estimate of drug-likeness (QED) is 0.247. The molecule has 0 heterocycles. The molecule has 0 amide bonds. The summed E-state index contributed by atoms with van der Waals surface area (Å²) in [7, 11) is -3.34. The zero-order valence-corrected chi connectivity index (χ0v) is 22.3. The smallest absolute Gasteiger partial charge is 0.0654 e. The standard InChI is InChI=1S/C28H46Si2/c1-5-9-23-29(24-10-6-2,25-11-7-3)30(26-12-8-4,27-19-15-13-16-20-27)28-21-17-14-18-22-28/h13-22H,5-12,23-26H2,1-4H3. The molecule has 0 N–H and O–H groups in total. The Kier molecular flexibility index (Phi) is 11.2. The number of benzene rings is 2. The van der Waals surface area contributed by atoms with E-state index in [1.807, 2.05) is 0 Å². The van der Waals surface area contributed by atoms with Crippen LogP contribution in [0.1, 0.15) is 79.1 Å². The fourth-order valence-electron chi connectivity index (χ4n) is 5.78. The summed E-state index contributed by atoms with van der Waals surface area (Å²) in [5.74, 6) is 0. The van der Waals surface area contributed by atoms with Crippen molar-refractivity contribution in [2.24, 2.45) is 0 Å². The van der Waals surface area contributed by atoms with E-state index in [9.17, 15) is 0 Å². The third-order valence-corrected chi connectivity index (χ3v) is 27.0. The Balaban J connectivity index is 2.80. The third kappa shape index (κ3) is 5.76. The Morgan fingerprint density at radius 3 is 1.13 bits per heavy atom. The van der Waals surface area contributed by atoms with Gasteiger partial charge >= 0.3 is 0 Å². The Labute approximate surface area is 189 Å². The van der Waals surface area contributed by atoms with E-state index in [1.54, 1.807) is 28.5 Å².